The summed E-state index contributed by atoms with van der Waals surface area (Å²) in [5, 5.41) is 9.09. The van der Waals surface area contributed by atoms with Crippen LogP contribution >= 0.6 is 0 Å². The predicted octanol–water partition coefficient (Wildman–Crippen LogP) is 3.56. The van der Waals surface area contributed by atoms with Crippen LogP contribution in [0, 0.1) is 0 Å². The molecule has 0 radical (unpaired) electrons. The van der Waals surface area contributed by atoms with Crippen LogP contribution in [-0.2, 0) is 4.79 Å². The fourth-order valence-corrected chi connectivity index (χ4v) is 2.92. The number of anilines is 2. The number of nitrogens with one attached hydrogen (secondary N) is 2. The van der Waals surface area contributed by atoms with Gasteiger partial charge in [-0.25, -0.2) is 0 Å². The van der Waals surface area contributed by atoms with Crippen molar-refractivity contribution in [3.63, 3.8) is 0 Å². The minimum Gasteiger partial charge on any atom is -0.372 e. The van der Waals surface area contributed by atoms with Crippen molar-refractivity contribution in [2.24, 2.45) is 0 Å². The van der Waals surface area contributed by atoms with E-state index >= 15 is 0 Å². The molecule has 0 fully saturated rings. The van der Waals surface area contributed by atoms with Crippen molar-refractivity contribution in [1.29, 1.82) is 0 Å². The largest absolute Gasteiger partial charge is 0.372 e. The number of aromatic nitrogens is 1. The molecular formula is C22H24N4O3. The van der Waals surface area contributed by atoms with Gasteiger partial charge in [0.15, 0.2) is 11.5 Å². The molecule has 0 bridgehead atoms. The number of amides is 2. The first-order valence-corrected chi connectivity index (χ1v) is 9.56. The molecular weight excluding hydrogens is 368 g/mol. The zero-order valence-electron chi connectivity index (χ0n) is 16.5. The zero-order valence-corrected chi connectivity index (χ0v) is 16.5. The Morgan fingerprint density at radius 2 is 1.69 bits per heavy atom. The Morgan fingerprint density at radius 1 is 1.00 bits per heavy atom. The molecule has 0 saturated carbocycles. The molecule has 0 atom stereocenters. The van der Waals surface area contributed by atoms with Gasteiger partial charge in [0.2, 0.25) is 5.91 Å². The van der Waals surface area contributed by atoms with Crippen molar-refractivity contribution in [3.05, 3.63) is 66.4 Å². The number of hydrogen-bond donors (Lipinski definition) is 2. The van der Waals surface area contributed by atoms with Crippen molar-refractivity contribution in [1.82, 2.24) is 10.5 Å². The smallest absolute Gasteiger partial charge is 0.273 e. The van der Waals surface area contributed by atoms with Crippen molar-refractivity contribution in [2.75, 3.05) is 29.9 Å². The van der Waals surface area contributed by atoms with Crippen molar-refractivity contribution in [2.45, 2.75) is 13.8 Å². The van der Waals surface area contributed by atoms with Gasteiger partial charge >= 0.3 is 0 Å². The van der Waals surface area contributed by atoms with E-state index in [1.807, 2.05) is 54.6 Å². The number of benzene rings is 2. The van der Waals surface area contributed by atoms with Gasteiger partial charge in [-0.2, -0.15) is 0 Å². The molecule has 1 heterocycles. The summed E-state index contributed by atoms with van der Waals surface area (Å²) >= 11 is 0. The fraction of sp³-hybridized carbons (Fsp3) is 0.227. The van der Waals surface area contributed by atoms with Crippen LogP contribution in [0.4, 0.5) is 11.4 Å². The summed E-state index contributed by atoms with van der Waals surface area (Å²) in [5.41, 5.74) is 2.72. The second-order valence-corrected chi connectivity index (χ2v) is 6.39. The van der Waals surface area contributed by atoms with E-state index in [-0.39, 0.29) is 18.1 Å². The summed E-state index contributed by atoms with van der Waals surface area (Å²) in [6, 6.07) is 18.5. The Balaban J connectivity index is 1.52. The molecule has 2 aromatic carbocycles. The first kappa shape index (κ1) is 20.1. The molecule has 7 nitrogen and oxygen atoms in total. The average molecular weight is 392 g/mol. The van der Waals surface area contributed by atoms with E-state index < -0.39 is 5.91 Å². The Kier molecular flexibility index (Phi) is 6.63. The Hall–Kier alpha value is -3.61. The molecule has 0 aliphatic rings. The van der Waals surface area contributed by atoms with E-state index in [2.05, 4.69) is 34.5 Å². The van der Waals surface area contributed by atoms with Crippen LogP contribution in [-0.4, -0.2) is 36.6 Å². The lowest BCUT2D eigenvalue weighted by molar-refractivity contribution is -0.115. The Morgan fingerprint density at radius 3 is 2.34 bits per heavy atom. The summed E-state index contributed by atoms with van der Waals surface area (Å²) in [6.07, 6.45) is 0. The number of nitrogens with zero attached hydrogens (tertiary/aromatic N) is 2. The van der Waals surface area contributed by atoms with Crippen LogP contribution in [0.15, 0.2) is 65.2 Å². The number of carbonyl (C=O) groups is 2. The molecule has 3 rings (SSSR count). The van der Waals surface area contributed by atoms with Gasteiger partial charge < -0.3 is 20.1 Å². The topological polar surface area (TPSA) is 87.5 Å². The number of carbonyl (C=O) groups excluding carboxylic acids is 2. The molecule has 0 spiro atoms. The maximum atomic E-state index is 12.2. The summed E-state index contributed by atoms with van der Waals surface area (Å²) in [7, 11) is 0. The first-order chi connectivity index (χ1) is 14.1. The third-order valence-corrected chi connectivity index (χ3v) is 4.49. The van der Waals surface area contributed by atoms with Gasteiger partial charge in [-0.3, -0.25) is 9.59 Å². The lowest BCUT2D eigenvalue weighted by Crippen LogP contribution is -2.33. The molecule has 1 aromatic heterocycles. The van der Waals surface area contributed by atoms with E-state index in [4.69, 9.17) is 4.52 Å². The Bertz CT molecular complexity index is 948. The standard InChI is InChI=1S/C22H24N4O3/c1-3-26(4-2)18-12-10-17(11-13-18)24-21(27)15-23-22(28)19-14-20(29-25-19)16-8-6-5-7-9-16/h5-14H,3-4,15H2,1-2H3,(H,23,28)(H,24,27). The highest BCUT2D eigenvalue weighted by Crippen LogP contribution is 2.20. The lowest BCUT2D eigenvalue weighted by Gasteiger charge is -2.21. The summed E-state index contributed by atoms with van der Waals surface area (Å²) in [5.74, 6) is -0.294. The predicted molar refractivity (Wildman–Crippen MR) is 113 cm³/mol. The summed E-state index contributed by atoms with van der Waals surface area (Å²) < 4.78 is 5.21. The van der Waals surface area contributed by atoms with E-state index in [1.54, 1.807) is 6.07 Å². The summed E-state index contributed by atoms with van der Waals surface area (Å²) in [6.45, 7) is 5.87. The highest BCUT2D eigenvalue weighted by Gasteiger charge is 2.14. The van der Waals surface area contributed by atoms with Gasteiger partial charge in [0.1, 0.15) is 0 Å². The Labute approximate surface area is 169 Å². The maximum Gasteiger partial charge on any atom is 0.273 e. The van der Waals surface area contributed by atoms with E-state index in [0.717, 1.165) is 24.3 Å². The van der Waals surface area contributed by atoms with Crippen LogP contribution in [0.3, 0.4) is 0 Å². The maximum absolute atomic E-state index is 12.2. The second kappa shape index (κ2) is 9.54. The molecule has 3 aromatic rings. The average Bonchev–Trinajstić information content (AvgIpc) is 3.25. The van der Waals surface area contributed by atoms with Gasteiger partial charge in [0.25, 0.3) is 5.91 Å². The first-order valence-electron chi connectivity index (χ1n) is 9.56. The molecule has 2 amide bonds. The lowest BCUT2D eigenvalue weighted by atomic mass is 10.1. The van der Waals surface area contributed by atoms with Crippen LogP contribution in [0.2, 0.25) is 0 Å². The van der Waals surface area contributed by atoms with Gasteiger partial charge in [-0.05, 0) is 38.1 Å². The number of hydrogen-bond acceptors (Lipinski definition) is 5. The molecule has 0 unspecified atom stereocenters. The number of rotatable bonds is 8. The summed E-state index contributed by atoms with van der Waals surface area (Å²) in [4.78, 5) is 26.6. The third kappa shape index (κ3) is 5.22. The SMILES string of the molecule is CCN(CC)c1ccc(NC(=O)CNC(=O)c2cc(-c3ccccc3)on2)cc1. The van der Waals surface area contributed by atoms with Gasteiger partial charge in [-0.15, -0.1) is 0 Å². The third-order valence-electron chi connectivity index (χ3n) is 4.49. The highest BCUT2D eigenvalue weighted by atomic mass is 16.5. The van der Waals surface area contributed by atoms with Crippen molar-refractivity contribution in [3.8, 4) is 11.3 Å². The van der Waals surface area contributed by atoms with Crippen LogP contribution in [0.1, 0.15) is 24.3 Å². The fourth-order valence-electron chi connectivity index (χ4n) is 2.92. The van der Waals surface area contributed by atoms with Crippen LogP contribution in [0.25, 0.3) is 11.3 Å². The van der Waals surface area contributed by atoms with E-state index in [1.165, 1.54) is 0 Å². The molecule has 0 aliphatic carbocycles. The minimum atomic E-state index is -0.469. The van der Waals surface area contributed by atoms with Gasteiger partial charge in [-0.1, -0.05) is 35.5 Å². The molecule has 2 N–H and O–H groups in total. The molecule has 0 saturated heterocycles. The van der Waals surface area contributed by atoms with Crippen LogP contribution < -0.4 is 15.5 Å². The quantitative estimate of drug-likeness (QED) is 0.612. The zero-order chi connectivity index (χ0) is 20.6. The van der Waals surface area contributed by atoms with Crippen LogP contribution in [0.5, 0.6) is 0 Å². The van der Waals surface area contributed by atoms with E-state index in [9.17, 15) is 9.59 Å². The minimum absolute atomic E-state index is 0.125. The second-order valence-electron chi connectivity index (χ2n) is 6.39. The normalized spacial score (nSPS) is 10.4. The molecule has 150 valence electrons. The molecule has 29 heavy (non-hydrogen) atoms. The van der Waals surface area contributed by atoms with E-state index in [0.29, 0.717) is 11.4 Å². The highest BCUT2D eigenvalue weighted by molar-refractivity contribution is 5.98. The van der Waals surface area contributed by atoms with Gasteiger partial charge in [0, 0.05) is 36.1 Å². The van der Waals surface area contributed by atoms with Crippen molar-refractivity contribution >= 4 is 23.2 Å². The van der Waals surface area contributed by atoms with Crippen molar-refractivity contribution < 1.29 is 14.1 Å². The van der Waals surface area contributed by atoms with Gasteiger partial charge in [0.05, 0.1) is 6.54 Å². The molecule has 0 aliphatic heterocycles. The monoisotopic (exact) mass is 392 g/mol. The molecule has 7 heteroatoms.